The zero-order chi connectivity index (χ0) is 13.1. The van der Waals surface area contributed by atoms with Crippen LogP contribution in [-0.4, -0.2) is 16.1 Å². The van der Waals surface area contributed by atoms with Gasteiger partial charge in [0.25, 0.3) is 0 Å². The summed E-state index contributed by atoms with van der Waals surface area (Å²) in [5, 5.41) is 0. The molecule has 0 fully saturated rings. The maximum atomic E-state index is 11.9. The van der Waals surface area contributed by atoms with E-state index in [1.165, 1.54) is 0 Å². The van der Waals surface area contributed by atoms with Gasteiger partial charge >= 0.3 is 0 Å². The van der Waals surface area contributed by atoms with Crippen molar-refractivity contribution in [1.29, 1.82) is 0 Å². The zero-order valence-corrected chi connectivity index (χ0v) is 11.9. The van der Waals surface area contributed by atoms with Crippen molar-refractivity contribution in [3.63, 3.8) is 0 Å². The average Bonchev–Trinajstić information content (AvgIpc) is 2.27. The largest absolute Gasteiger partial charge is 0.497 e. The molecule has 0 saturated heterocycles. The number of hydrogen-bond acceptors (Lipinski definition) is 2. The van der Waals surface area contributed by atoms with Gasteiger partial charge in [-0.2, -0.15) is 0 Å². The molecule has 0 saturated carbocycles. The van der Waals surface area contributed by atoms with Gasteiger partial charge in [-0.15, -0.1) is 0 Å². The fourth-order valence-electron chi connectivity index (χ4n) is 1.30. The third-order valence-corrected chi connectivity index (χ3v) is 4.14. The van der Waals surface area contributed by atoms with E-state index >= 15 is 0 Å². The Bertz CT molecular complexity index is 381. The van der Waals surface area contributed by atoms with Crippen LogP contribution in [0.15, 0.2) is 24.3 Å². The van der Waals surface area contributed by atoms with Crippen LogP contribution in [0.5, 0.6) is 5.75 Å². The monoisotopic (exact) mass is 255 g/mol. The maximum absolute atomic E-state index is 11.9. The average molecular weight is 255 g/mol. The van der Waals surface area contributed by atoms with Gasteiger partial charge in [-0.25, -0.2) is 8.93 Å². The van der Waals surface area contributed by atoms with E-state index < -0.39 is 11.0 Å². The van der Waals surface area contributed by atoms with Crippen LogP contribution in [-0.2, 0) is 11.0 Å². The van der Waals surface area contributed by atoms with E-state index in [1.54, 1.807) is 7.11 Å². The summed E-state index contributed by atoms with van der Waals surface area (Å²) in [6, 6.07) is 7.84. The van der Waals surface area contributed by atoms with Crippen molar-refractivity contribution in [1.82, 2.24) is 4.72 Å². The number of methoxy groups -OCH3 is 1. The first-order valence-electron chi connectivity index (χ1n) is 5.66. The first kappa shape index (κ1) is 14.2. The molecule has 0 spiro atoms. The van der Waals surface area contributed by atoms with Crippen LogP contribution in [0.3, 0.4) is 0 Å². The van der Waals surface area contributed by atoms with E-state index in [0.29, 0.717) is 0 Å². The van der Waals surface area contributed by atoms with E-state index in [4.69, 9.17) is 4.74 Å². The summed E-state index contributed by atoms with van der Waals surface area (Å²) >= 11 is 0. The predicted octanol–water partition coefficient (Wildman–Crippen LogP) is 2.81. The second-order valence-corrected chi connectivity index (χ2v) is 6.99. The van der Waals surface area contributed by atoms with Crippen molar-refractivity contribution in [2.75, 3.05) is 7.11 Å². The lowest BCUT2D eigenvalue weighted by molar-refractivity contribution is 0.414. The number of nitrogens with one attached hydrogen (secondary N) is 1. The molecule has 1 unspecified atom stereocenters. The molecule has 4 heteroatoms. The minimum absolute atomic E-state index is 0.0564. The topological polar surface area (TPSA) is 38.3 Å². The number of benzene rings is 1. The fourth-order valence-corrected chi connectivity index (χ4v) is 2.11. The molecule has 0 aliphatic rings. The molecule has 3 nitrogen and oxygen atoms in total. The van der Waals surface area contributed by atoms with E-state index in [1.807, 2.05) is 52.0 Å². The Hall–Kier alpha value is -0.870. The molecule has 0 aromatic heterocycles. The van der Waals surface area contributed by atoms with Crippen LogP contribution in [0.2, 0.25) is 0 Å². The Morgan fingerprint density at radius 2 is 1.76 bits per heavy atom. The van der Waals surface area contributed by atoms with E-state index in [9.17, 15) is 4.21 Å². The minimum atomic E-state index is -1.06. The number of ether oxygens (including phenoxy) is 1. The van der Waals surface area contributed by atoms with Crippen molar-refractivity contribution in [2.45, 2.75) is 38.5 Å². The normalized spacial score (nSPS) is 15.4. The van der Waals surface area contributed by atoms with Gasteiger partial charge in [0, 0.05) is 6.04 Å². The molecule has 1 N–H and O–H groups in total. The molecule has 0 aliphatic heterocycles. The summed E-state index contributed by atoms with van der Waals surface area (Å²) in [5.41, 5.74) is 1.10. The molecule has 17 heavy (non-hydrogen) atoms. The van der Waals surface area contributed by atoms with Gasteiger partial charge in [0.15, 0.2) is 0 Å². The third kappa shape index (κ3) is 4.13. The van der Waals surface area contributed by atoms with Crippen LogP contribution in [0.25, 0.3) is 0 Å². The van der Waals surface area contributed by atoms with Crippen molar-refractivity contribution < 1.29 is 8.95 Å². The van der Waals surface area contributed by atoms with Crippen LogP contribution < -0.4 is 9.46 Å². The Morgan fingerprint density at radius 3 is 2.18 bits per heavy atom. The summed E-state index contributed by atoms with van der Waals surface area (Å²) in [6.07, 6.45) is 0. The highest BCUT2D eigenvalue weighted by Gasteiger charge is 2.21. The van der Waals surface area contributed by atoms with E-state index in [2.05, 4.69) is 4.72 Å². The summed E-state index contributed by atoms with van der Waals surface area (Å²) in [5.74, 6) is 0.831. The predicted molar refractivity (Wildman–Crippen MR) is 72.4 cm³/mol. The lowest BCUT2D eigenvalue weighted by atomic mass is 10.1. The molecule has 0 bridgehead atoms. The molecular formula is C13H21NO2S. The molecule has 0 aliphatic carbocycles. The summed E-state index contributed by atoms with van der Waals surface area (Å²) < 4.78 is 19.9. The van der Waals surface area contributed by atoms with E-state index in [0.717, 1.165) is 11.3 Å². The highest BCUT2D eigenvalue weighted by molar-refractivity contribution is 7.84. The summed E-state index contributed by atoms with van der Waals surface area (Å²) in [7, 11) is 0.588. The Morgan fingerprint density at radius 1 is 1.24 bits per heavy atom. The van der Waals surface area contributed by atoms with Gasteiger partial charge in [0.1, 0.15) is 5.75 Å². The van der Waals surface area contributed by atoms with Crippen molar-refractivity contribution in [2.24, 2.45) is 0 Å². The molecule has 2 atom stereocenters. The molecule has 0 heterocycles. The molecule has 1 aromatic carbocycles. The van der Waals surface area contributed by atoms with Crippen LogP contribution in [0.4, 0.5) is 0 Å². The van der Waals surface area contributed by atoms with E-state index in [-0.39, 0.29) is 10.8 Å². The van der Waals surface area contributed by atoms with Crippen LogP contribution in [0.1, 0.15) is 39.3 Å². The van der Waals surface area contributed by atoms with Crippen LogP contribution >= 0.6 is 0 Å². The van der Waals surface area contributed by atoms with Gasteiger partial charge in [-0.1, -0.05) is 12.1 Å². The lowest BCUT2D eigenvalue weighted by Gasteiger charge is -2.22. The smallest absolute Gasteiger partial charge is 0.118 e. The molecule has 1 rings (SSSR count). The highest BCUT2D eigenvalue weighted by Crippen LogP contribution is 2.19. The van der Waals surface area contributed by atoms with Crippen molar-refractivity contribution in [3.8, 4) is 5.75 Å². The summed E-state index contributed by atoms with van der Waals surface area (Å²) in [4.78, 5) is 0. The quantitative estimate of drug-likeness (QED) is 0.898. The maximum Gasteiger partial charge on any atom is 0.118 e. The molecule has 1 aromatic rings. The van der Waals surface area contributed by atoms with Gasteiger partial charge in [0.05, 0.1) is 22.8 Å². The summed E-state index contributed by atoms with van der Waals surface area (Å²) in [6.45, 7) is 7.87. The van der Waals surface area contributed by atoms with Crippen molar-refractivity contribution in [3.05, 3.63) is 29.8 Å². The number of rotatable bonds is 4. The van der Waals surface area contributed by atoms with Gasteiger partial charge in [0.2, 0.25) is 0 Å². The Labute approximate surface area is 106 Å². The fraction of sp³-hybridized carbons (Fsp3) is 0.538. The Kier molecular flexibility index (Phi) is 4.71. The minimum Gasteiger partial charge on any atom is -0.497 e. The molecule has 96 valence electrons. The van der Waals surface area contributed by atoms with Gasteiger partial charge in [-0.05, 0) is 45.4 Å². The third-order valence-electron chi connectivity index (χ3n) is 2.46. The zero-order valence-electron chi connectivity index (χ0n) is 11.1. The molecular weight excluding hydrogens is 234 g/mol. The SMILES string of the molecule is COc1ccc([C@H](C)NS(=O)C(C)(C)C)cc1. The molecule has 0 radical (unpaired) electrons. The van der Waals surface area contributed by atoms with Crippen LogP contribution in [0, 0.1) is 0 Å². The van der Waals surface area contributed by atoms with Crippen molar-refractivity contribution >= 4 is 11.0 Å². The highest BCUT2D eigenvalue weighted by atomic mass is 32.2. The Balaban J connectivity index is 2.70. The molecule has 0 amide bonds. The van der Waals surface area contributed by atoms with Gasteiger partial charge < -0.3 is 4.74 Å². The standard InChI is InChI=1S/C13H21NO2S/c1-10(14-17(15)13(2,3)4)11-6-8-12(16-5)9-7-11/h6-10,14H,1-5H3/t10-,17?/m0/s1. The lowest BCUT2D eigenvalue weighted by Crippen LogP contribution is -2.34. The number of hydrogen-bond donors (Lipinski definition) is 1. The second-order valence-electron chi connectivity index (χ2n) is 4.99. The first-order valence-corrected chi connectivity index (χ1v) is 6.81. The second kappa shape index (κ2) is 5.65. The van der Waals surface area contributed by atoms with Gasteiger partial charge in [-0.3, -0.25) is 0 Å². The first-order chi connectivity index (χ1) is 7.84.